The number of morpholine rings is 1. The maximum atomic E-state index is 5.98. The molecule has 1 saturated heterocycles. The van der Waals surface area contributed by atoms with Crippen LogP contribution in [0.25, 0.3) is 0 Å². The molecule has 20 heavy (non-hydrogen) atoms. The molecule has 0 radical (unpaired) electrons. The predicted molar refractivity (Wildman–Crippen MR) is 82.1 cm³/mol. The molecular weight excluding hydrogens is 270 g/mol. The third kappa shape index (κ3) is 3.40. The summed E-state index contributed by atoms with van der Waals surface area (Å²) in [4.78, 5) is 0. The third-order valence-electron chi connectivity index (χ3n) is 3.66. The van der Waals surface area contributed by atoms with Crippen molar-refractivity contribution in [2.75, 3.05) is 13.2 Å². The smallest absolute Gasteiger partial charge is 0.0950 e. The van der Waals surface area contributed by atoms with Crippen molar-refractivity contribution in [3.63, 3.8) is 0 Å². The second-order valence-electron chi connectivity index (χ2n) is 5.17. The molecule has 104 valence electrons. The van der Waals surface area contributed by atoms with Crippen molar-refractivity contribution in [2.24, 2.45) is 0 Å². The van der Waals surface area contributed by atoms with Crippen molar-refractivity contribution in [2.45, 2.75) is 18.6 Å². The van der Waals surface area contributed by atoms with Gasteiger partial charge in [-0.05, 0) is 29.7 Å². The zero-order valence-electron chi connectivity index (χ0n) is 11.3. The van der Waals surface area contributed by atoms with Gasteiger partial charge in [0.15, 0.2) is 0 Å². The summed E-state index contributed by atoms with van der Waals surface area (Å²) in [5, 5.41) is 4.36. The van der Waals surface area contributed by atoms with Gasteiger partial charge in [-0.2, -0.15) is 0 Å². The summed E-state index contributed by atoms with van der Waals surface area (Å²) in [6.07, 6.45) is 1.14. The second-order valence-corrected chi connectivity index (χ2v) is 5.60. The Hall–Kier alpha value is -1.35. The molecule has 1 unspecified atom stereocenters. The fourth-order valence-corrected chi connectivity index (χ4v) is 2.67. The van der Waals surface area contributed by atoms with E-state index in [0.717, 1.165) is 24.6 Å². The molecule has 2 aromatic rings. The minimum absolute atomic E-state index is 0.165. The van der Waals surface area contributed by atoms with Gasteiger partial charge in [-0.1, -0.05) is 54.1 Å². The van der Waals surface area contributed by atoms with E-state index in [1.54, 1.807) is 0 Å². The van der Waals surface area contributed by atoms with Crippen LogP contribution in [0.2, 0.25) is 5.02 Å². The van der Waals surface area contributed by atoms with Gasteiger partial charge >= 0.3 is 0 Å². The number of hydrogen-bond acceptors (Lipinski definition) is 2. The van der Waals surface area contributed by atoms with Crippen LogP contribution in [0.5, 0.6) is 0 Å². The molecule has 0 aliphatic carbocycles. The number of benzene rings is 2. The molecule has 3 rings (SSSR count). The quantitative estimate of drug-likeness (QED) is 0.931. The Kier molecular flexibility index (Phi) is 4.36. The van der Waals surface area contributed by atoms with E-state index < -0.39 is 0 Å². The van der Waals surface area contributed by atoms with E-state index in [9.17, 15) is 0 Å². The Morgan fingerprint density at radius 3 is 2.45 bits per heavy atom. The largest absolute Gasteiger partial charge is 0.371 e. The Morgan fingerprint density at radius 2 is 1.80 bits per heavy atom. The first-order chi connectivity index (χ1) is 9.81. The molecular formula is C17H18ClNO. The molecule has 2 aromatic carbocycles. The standard InChI is InChI=1S/C17H18ClNO/c18-15-8-6-13(7-9-15)10-16-12-20-17(11-19-16)14-4-2-1-3-5-14/h1-9,16-17,19H,10-12H2/t16-,17?/m0/s1. The molecule has 0 spiro atoms. The van der Waals surface area contributed by atoms with Crippen LogP contribution in [0.15, 0.2) is 54.6 Å². The van der Waals surface area contributed by atoms with Gasteiger partial charge in [0.2, 0.25) is 0 Å². The highest BCUT2D eigenvalue weighted by atomic mass is 35.5. The van der Waals surface area contributed by atoms with Crippen LogP contribution in [0.4, 0.5) is 0 Å². The highest BCUT2D eigenvalue weighted by molar-refractivity contribution is 6.30. The molecule has 2 atom stereocenters. The first-order valence-corrected chi connectivity index (χ1v) is 7.33. The number of nitrogens with one attached hydrogen (secondary N) is 1. The fraction of sp³-hybridized carbons (Fsp3) is 0.294. The monoisotopic (exact) mass is 287 g/mol. The van der Waals surface area contributed by atoms with Crippen molar-refractivity contribution in [1.82, 2.24) is 5.32 Å². The van der Waals surface area contributed by atoms with Gasteiger partial charge in [0.05, 0.1) is 12.7 Å². The van der Waals surface area contributed by atoms with E-state index >= 15 is 0 Å². The number of rotatable bonds is 3. The first-order valence-electron chi connectivity index (χ1n) is 6.95. The van der Waals surface area contributed by atoms with Gasteiger partial charge in [-0.3, -0.25) is 0 Å². The average molecular weight is 288 g/mol. The molecule has 0 bridgehead atoms. The van der Waals surface area contributed by atoms with Crippen LogP contribution >= 0.6 is 11.6 Å². The van der Waals surface area contributed by atoms with Gasteiger partial charge < -0.3 is 10.1 Å². The zero-order chi connectivity index (χ0) is 13.8. The van der Waals surface area contributed by atoms with E-state index in [-0.39, 0.29) is 6.10 Å². The average Bonchev–Trinajstić information content (AvgIpc) is 2.51. The predicted octanol–water partition coefficient (Wildman–Crippen LogP) is 3.61. The molecule has 1 aliphatic rings. The Balaban J connectivity index is 1.55. The maximum Gasteiger partial charge on any atom is 0.0950 e. The van der Waals surface area contributed by atoms with Crippen LogP contribution in [-0.2, 0) is 11.2 Å². The van der Waals surface area contributed by atoms with E-state index in [0.29, 0.717) is 6.04 Å². The Bertz CT molecular complexity index is 533. The topological polar surface area (TPSA) is 21.3 Å². The number of hydrogen-bond donors (Lipinski definition) is 1. The van der Waals surface area contributed by atoms with Gasteiger partial charge in [0.1, 0.15) is 0 Å². The van der Waals surface area contributed by atoms with Gasteiger partial charge in [0.25, 0.3) is 0 Å². The number of ether oxygens (including phenoxy) is 1. The third-order valence-corrected chi connectivity index (χ3v) is 3.91. The van der Waals surface area contributed by atoms with Crippen molar-refractivity contribution in [1.29, 1.82) is 0 Å². The molecule has 1 N–H and O–H groups in total. The second kappa shape index (κ2) is 6.40. The summed E-state index contributed by atoms with van der Waals surface area (Å²) in [5.74, 6) is 0. The van der Waals surface area contributed by atoms with Gasteiger partial charge in [-0.15, -0.1) is 0 Å². The SMILES string of the molecule is Clc1ccc(C[C@H]2COC(c3ccccc3)CN2)cc1. The van der Waals surface area contributed by atoms with Gasteiger partial charge in [-0.25, -0.2) is 0 Å². The van der Waals surface area contributed by atoms with Gasteiger partial charge in [0, 0.05) is 17.6 Å². The fourth-order valence-electron chi connectivity index (χ4n) is 2.54. The van der Waals surface area contributed by atoms with E-state index in [4.69, 9.17) is 16.3 Å². The number of halogens is 1. The molecule has 0 aromatic heterocycles. The van der Waals surface area contributed by atoms with Crippen molar-refractivity contribution in [3.8, 4) is 0 Å². The van der Waals surface area contributed by atoms with E-state index in [2.05, 4.69) is 41.7 Å². The highest BCUT2D eigenvalue weighted by Crippen LogP contribution is 2.21. The summed E-state index contributed by atoms with van der Waals surface area (Å²) in [6.45, 7) is 1.60. The lowest BCUT2D eigenvalue weighted by atomic mass is 10.0. The molecule has 1 aliphatic heterocycles. The van der Waals surface area contributed by atoms with Crippen molar-refractivity contribution in [3.05, 3.63) is 70.7 Å². The minimum Gasteiger partial charge on any atom is -0.371 e. The molecule has 0 saturated carbocycles. The molecule has 1 fully saturated rings. The Morgan fingerprint density at radius 1 is 1.05 bits per heavy atom. The highest BCUT2D eigenvalue weighted by Gasteiger charge is 2.22. The van der Waals surface area contributed by atoms with Crippen molar-refractivity contribution >= 4 is 11.6 Å². The van der Waals surface area contributed by atoms with Crippen LogP contribution in [0, 0.1) is 0 Å². The first kappa shape index (κ1) is 13.6. The van der Waals surface area contributed by atoms with Crippen LogP contribution in [-0.4, -0.2) is 19.2 Å². The molecule has 1 heterocycles. The minimum atomic E-state index is 0.165. The summed E-state index contributed by atoms with van der Waals surface area (Å²) < 4.78 is 5.98. The van der Waals surface area contributed by atoms with Crippen LogP contribution in [0.3, 0.4) is 0 Å². The zero-order valence-corrected chi connectivity index (χ0v) is 12.0. The van der Waals surface area contributed by atoms with E-state index in [1.807, 2.05) is 18.2 Å². The van der Waals surface area contributed by atoms with Crippen LogP contribution in [0.1, 0.15) is 17.2 Å². The lowest BCUT2D eigenvalue weighted by molar-refractivity contribution is 0.00307. The van der Waals surface area contributed by atoms with Crippen molar-refractivity contribution < 1.29 is 4.74 Å². The summed E-state index contributed by atoms with van der Waals surface area (Å²) in [6, 6.07) is 18.8. The summed E-state index contributed by atoms with van der Waals surface area (Å²) in [5.41, 5.74) is 2.53. The molecule has 0 amide bonds. The van der Waals surface area contributed by atoms with E-state index in [1.165, 1.54) is 11.1 Å². The summed E-state index contributed by atoms with van der Waals surface area (Å²) in [7, 11) is 0. The Labute approximate surface area is 124 Å². The lowest BCUT2D eigenvalue weighted by Gasteiger charge is -2.30. The molecule has 3 heteroatoms. The lowest BCUT2D eigenvalue weighted by Crippen LogP contribution is -2.44. The normalized spacial score (nSPS) is 22.6. The molecule has 2 nitrogen and oxygen atoms in total. The van der Waals surface area contributed by atoms with Crippen LogP contribution < -0.4 is 5.32 Å². The summed E-state index contributed by atoms with van der Waals surface area (Å²) >= 11 is 5.90. The maximum absolute atomic E-state index is 5.98.